The largest absolute Gasteiger partial charge is 0.489 e. The van der Waals surface area contributed by atoms with E-state index in [-0.39, 0.29) is 48.1 Å². The quantitative estimate of drug-likeness (QED) is 0.101. The van der Waals surface area contributed by atoms with E-state index in [9.17, 15) is 34.8 Å². The SMILES string of the molecule is CC1CCC(Oc2ccc3cc(C(=O)N4C5CCC4CC(C(=O)O)C5)ccc3c2C#N)CC1.COC(=O)c1ccc2c(C#N)c(OC3CCC(C)CC3)ccc2c1.COC(=O)c1ccc2c(I)c(OC3CCC(C)CC3)ccc2c1. The minimum absolute atomic E-state index is 0.00305. The third-order valence-corrected chi connectivity index (χ3v) is 18.4. The van der Waals surface area contributed by atoms with Gasteiger partial charge in [0.15, 0.2) is 0 Å². The van der Waals surface area contributed by atoms with Gasteiger partial charge >= 0.3 is 17.9 Å². The summed E-state index contributed by atoms with van der Waals surface area (Å²) in [5, 5.41) is 34.3. The van der Waals surface area contributed by atoms with Crippen LogP contribution in [0.25, 0.3) is 32.3 Å². The van der Waals surface area contributed by atoms with Crippen LogP contribution < -0.4 is 14.2 Å². The summed E-state index contributed by atoms with van der Waals surface area (Å²) in [6, 6.07) is 32.5. The van der Waals surface area contributed by atoms with Crippen molar-refractivity contribution >= 4 is 78.7 Å². The molecule has 2 bridgehead atoms. The average Bonchev–Trinajstić information content (AvgIpc) is 3.78. The second-order valence-corrected chi connectivity index (χ2v) is 24.0. The smallest absolute Gasteiger partial charge is 0.337 e. The molecule has 6 aromatic rings. The number of benzene rings is 6. The first-order valence-corrected chi connectivity index (χ1v) is 29.6. The maximum Gasteiger partial charge on any atom is 0.337 e. The van der Waals surface area contributed by atoms with Crippen molar-refractivity contribution in [1.82, 2.24) is 4.90 Å². The summed E-state index contributed by atoms with van der Waals surface area (Å²) in [4.78, 5) is 50.0. The monoisotopic (exact) mass is 1190 g/mol. The number of amides is 1. The van der Waals surface area contributed by atoms with Gasteiger partial charge in [0.2, 0.25) is 0 Å². The number of ether oxygens (including phenoxy) is 5. The van der Waals surface area contributed by atoms with Crippen molar-refractivity contribution in [2.75, 3.05) is 14.2 Å². The number of rotatable bonds is 10. The Morgan fingerprint density at radius 2 is 0.863 bits per heavy atom. The molecular weight excluding hydrogens is 1120 g/mol. The van der Waals surface area contributed by atoms with Crippen LogP contribution in [-0.4, -0.2) is 78.4 Å². The number of nitrogens with zero attached hydrogens (tertiary/aromatic N) is 3. The molecule has 2 heterocycles. The Bertz CT molecular complexity index is 3330. The minimum atomic E-state index is -0.755. The van der Waals surface area contributed by atoms with E-state index in [2.05, 4.69) is 55.5 Å². The fraction of sp³-hybridized carbons (Fsp3) is 0.455. The van der Waals surface area contributed by atoms with E-state index in [1.165, 1.54) is 39.9 Å². The number of carbonyl (C=O) groups is 4. The standard InChI is InChI=1S/C27H30N2O4.C20H21NO3.C19H21IO3/c1-16-2-8-22(9-3-16)33-25-11-5-17-12-18(4-10-23(17)24(25)15-28)26(30)29-20-6-7-21(29)14-19(13-20)27(31)32;1-13-3-7-16(8-4-13)24-19-10-6-14-11-15(20(22)23-2)5-9-17(14)18(19)12-21;1-12-3-7-15(8-4-12)23-17-10-6-13-11-14(19(21)22-2)5-9-16(13)18(17)20/h4-5,10-12,16,19-22H,2-3,6-9,13-14H2,1H3,(H,31,32);5-6,9-11,13,16H,3-4,7-8H2,1-2H3;5-6,9-12,15H,3-4,7-8H2,1-2H3. The molecule has 418 valence electrons. The summed E-state index contributed by atoms with van der Waals surface area (Å²) in [6.45, 7) is 6.85. The molecule has 14 heteroatoms. The number of piperidine rings is 1. The van der Waals surface area contributed by atoms with Crippen molar-refractivity contribution in [2.45, 2.75) is 154 Å². The summed E-state index contributed by atoms with van der Waals surface area (Å²) in [7, 11) is 2.76. The van der Waals surface area contributed by atoms with Crippen molar-refractivity contribution in [2.24, 2.45) is 23.7 Å². The van der Waals surface area contributed by atoms with Crippen LogP contribution in [0.4, 0.5) is 0 Å². The van der Waals surface area contributed by atoms with Crippen LogP contribution in [0.1, 0.15) is 166 Å². The van der Waals surface area contributed by atoms with Gasteiger partial charge in [-0.1, -0.05) is 57.2 Å². The highest BCUT2D eigenvalue weighted by Gasteiger charge is 2.45. The number of halogens is 1. The fourth-order valence-corrected chi connectivity index (χ4v) is 13.3. The van der Waals surface area contributed by atoms with Gasteiger partial charge in [-0.3, -0.25) is 9.59 Å². The predicted molar refractivity (Wildman–Crippen MR) is 316 cm³/mol. The lowest BCUT2D eigenvalue weighted by Crippen LogP contribution is -2.47. The van der Waals surface area contributed by atoms with Crippen molar-refractivity contribution in [1.29, 1.82) is 10.5 Å². The van der Waals surface area contributed by atoms with Gasteiger partial charge in [0, 0.05) is 28.4 Å². The van der Waals surface area contributed by atoms with Gasteiger partial charge in [0.05, 0.1) is 53.1 Å². The summed E-state index contributed by atoms with van der Waals surface area (Å²) < 4.78 is 29.2. The normalized spacial score (nSPS) is 24.1. The number of carboxylic acids is 1. The number of aliphatic carboxylic acids is 1. The first kappa shape index (κ1) is 57.8. The van der Waals surface area contributed by atoms with Gasteiger partial charge in [-0.05, 0) is 219 Å². The van der Waals surface area contributed by atoms with E-state index in [0.29, 0.717) is 58.3 Å². The van der Waals surface area contributed by atoms with E-state index < -0.39 is 5.97 Å². The number of carbonyl (C=O) groups excluding carboxylic acids is 3. The number of fused-ring (bicyclic) bond motifs is 5. The molecule has 5 fully saturated rings. The molecule has 13 nitrogen and oxygen atoms in total. The van der Waals surface area contributed by atoms with Gasteiger partial charge in [-0.2, -0.15) is 10.5 Å². The summed E-state index contributed by atoms with van der Waals surface area (Å²) in [5.41, 5.74) is 2.69. The highest BCUT2D eigenvalue weighted by atomic mass is 127. The molecule has 5 aliphatic rings. The van der Waals surface area contributed by atoms with Crippen molar-refractivity contribution in [3.8, 4) is 29.4 Å². The molecule has 2 saturated heterocycles. The molecule has 2 unspecified atom stereocenters. The molecule has 0 spiro atoms. The van der Waals surface area contributed by atoms with Crippen LogP contribution in [-0.2, 0) is 14.3 Å². The number of methoxy groups -OCH3 is 2. The summed E-state index contributed by atoms with van der Waals surface area (Å²) in [5.74, 6) is 2.68. The molecule has 6 aromatic carbocycles. The lowest BCUT2D eigenvalue weighted by atomic mass is 9.89. The molecule has 11 rings (SSSR count). The Morgan fingerprint density at radius 1 is 0.500 bits per heavy atom. The second kappa shape index (κ2) is 26.1. The molecule has 1 amide bonds. The number of nitriles is 2. The topological polar surface area (TPSA) is 185 Å². The Kier molecular flexibility index (Phi) is 18.9. The second-order valence-electron chi connectivity index (χ2n) is 22.9. The number of hydrogen-bond donors (Lipinski definition) is 1. The first-order chi connectivity index (χ1) is 38.6. The maximum absolute atomic E-state index is 13.4. The lowest BCUT2D eigenvalue weighted by molar-refractivity contribution is -0.144. The molecule has 1 N–H and O–H groups in total. The zero-order valence-electron chi connectivity index (χ0n) is 46.5. The summed E-state index contributed by atoms with van der Waals surface area (Å²) >= 11 is 2.34. The molecule has 3 aliphatic carbocycles. The van der Waals surface area contributed by atoms with Crippen molar-refractivity contribution < 1.29 is 48.0 Å². The van der Waals surface area contributed by atoms with E-state index in [1.807, 2.05) is 71.6 Å². The van der Waals surface area contributed by atoms with E-state index in [4.69, 9.17) is 23.7 Å². The highest BCUT2D eigenvalue weighted by Crippen LogP contribution is 2.41. The van der Waals surface area contributed by atoms with Gasteiger partial charge in [0.25, 0.3) is 5.91 Å². The zero-order valence-corrected chi connectivity index (χ0v) is 48.7. The number of esters is 2. The molecule has 2 aliphatic heterocycles. The van der Waals surface area contributed by atoms with Crippen LogP contribution in [0.3, 0.4) is 0 Å². The van der Waals surface area contributed by atoms with E-state index >= 15 is 0 Å². The van der Waals surface area contributed by atoms with Gasteiger partial charge < -0.3 is 33.7 Å². The van der Waals surface area contributed by atoms with Crippen LogP contribution >= 0.6 is 22.6 Å². The lowest BCUT2D eigenvalue weighted by Gasteiger charge is -2.37. The van der Waals surface area contributed by atoms with Crippen LogP contribution in [0, 0.1) is 49.9 Å². The van der Waals surface area contributed by atoms with Crippen molar-refractivity contribution in [3.63, 3.8) is 0 Å². The maximum atomic E-state index is 13.4. The average molecular weight is 1190 g/mol. The summed E-state index contributed by atoms with van der Waals surface area (Å²) in [6.07, 6.45) is 17.0. The molecule has 80 heavy (non-hydrogen) atoms. The van der Waals surface area contributed by atoms with Crippen LogP contribution in [0.15, 0.2) is 91.0 Å². The Labute approximate surface area is 483 Å². The fourth-order valence-electron chi connectivity index (χ4n) is 12.5. The third kappa shape index (κ3) is 13.3. The Balaban J connectivity index is 0.000000149. The molecule has 0 aromatic heterocycles. The van der Waals surface area contributed by atoms with E-state index in [0.717, 1.165) is 124 Å². The molecular formula is C66H72IN3O10. The van der Waals surface area contributed by atoms with Crippen molar-refractivity contribution in [3.05, 3.63) is 122 Å². The molecule has 0 radical (unpaired) electrons. The zero-order chi connectivity index (χ0) is 56.6. The van der Waals surface area contributed by atoms with Crippen LogP contribution in [0.2, 0.25) is 0 Å². The molecule has 3 saturated carbocycles. The number of hydrogen-bond acceptors (Lipinski definition) is 11. The highest BCUT2D eigenvalue weighted by molar-refractivity contribution is 14.1. The van der Waals surface area contributed by atoms with Crippen LogP contribution in [0.5, 0.6) is 17.2 Å². The number of carboxylic acid groups (broad SMARTS) is 1. The first-order valence-electron chi connectivity index (χ1n) is 28.5. The van der Waals surface area contributed by atoms with Gasteiger partial charge in [0.1, 0.15) is 40.5 Å². The van der Waals surface area contributed by atoms with Gasteiger partial charge in [-0.25, -0.2) is 9.59 Å². The van der Waals surface area contributed by atoms with Gasteiger partial charge in [-0.15, -0.1) is 0 Å². The van der Waals surface area contributed by atoms with E-state index in [1.54, 1.807) is 24.3 Å². The Morgan fingerprint density at radius 3 is 1.26 bits per heavy atom. The predicted octanol–water partition coefficient (Wildman–Crippen LogP) is 14.8. The Hall–Kier alpha value is -6.91. The minimum Gasteiger partial charge on any atom is -0.489 e. The third-order valence-electron chi connectivity index (χ3n) is 17.3. The molecule has 2 atom stereocenters.